The van der Waals surface area contributed by atoms with Crippen molar-refractivity contribution < 1.29 is 14.3 Å². The molecule has 1 fully saturated rings. The molecule has 0 spiro atoms. The summed E-state index contributed by atoms with van der Waals surface area (Å²) in [7, 11) is 1.67. The second-order valence-electron chi connectivity index (χ2n) is 6.42. The second-order valence-corrected chi connectivity index (χ2v) is 6.42. The molecule has 2 aromatic rings. The van der Waals surface area contributed by atoms with E-state index < -0.39 is 0 Å². The monoisotopic (exact) mass is 354 g/mol. The van der Waals surface area contributed by atoms with E-state index in [2.05, 4.69) is 22.3 Å². The predicted octanol–water partition coefficient (Wildman–Crippen LogP) is 2.43. The minimum Gasteiger partial charge on any atom is -0.496 e. The highest BCUT2D eigenvalue weighted by Gasteiger charge is 2.23. The van der Waals surface area contributed by atoms with Gasteiger partial charge in [0, 0.05) is 19.6 Å². The zero-order chi connectivity index (χ0) is 18.2. The minimum atomic E-state index is 0.0336. The predicted molar refractivity (Wildman–Crippen MR) is 101 cm³/mol. The summed E-state index contributed by atoms with van der Waals surface area (Å²) < 4.78 is 11.2. The summed E-state index contributed by atoms with van der Waals surface area (Å²) in [6, 6.07) is 18.1. The second kappa shape index (κ2) is 9.36. The number of nitrogens with one attached hydrogen (secondary N) is 1. The van der Waals surface area contributed by atoms with Gasteiger partial charge in [-0.15, -0.1) is 0 Å². The number of benzene rings is 2. The summed E-state index contributed by atoms with van der Waals surface area (Å²) in [6.07, 6.45) is 0.789. The zero-order valence-electron chi connectivity index (χ0n) is 15.2. The summed E-state index contributed by atoms with van der Waals surface area (Å²) in [5.41, 5.74) is 2.26. The molecule has 0 aromatic heterocycles. The van der Waals surface area contributed by atoms with Crippen molar-refractivity contribution in [1.82, 2.24) is 10.2 Å². The van der Waals surface area contributed by atoms with Crippen LogP contribution in [0.4, 0.5) is 0 Å². The Hall–Kier alpha value is -2.37. The molecule has 1 N–H and O–H groups in total. The van der Waals surface area contributed by atoms with Crippen LogP contribution < -0.4 is 10.1 Å². The van der Waals surface area contributed by atoms with E-state index in [9.17, 15) is 4.79 Å². The Kier molecular flexibility index (Phi) is 6.63. The Morgan fingerprint density at radius 2 is 1.96 bits per heavy atom. The third-order valence-corrected chi connectivity index (χ3v) is 4.60. The molecule has 0 bridgehead atoms. The van der Waals surface area contributed by atoms with Gasteiger partial charge in [-0.25, -0.2) is 0 Å². The van der Waals surface area contributed by atoms with Crippen LogP contribution in [-0.2, 0) is 16.0 Å². The molecule has 0 radical (unpaired) electrons. The van der Waals surface area contributed by atoms with Crippen LogP contribution >= 0.6 is 0 Å². The van der Waals surface area contributed by atoms with Crippen LogP contribution in [-0.4, -0.2) is 50.7 Å². The summed E-state index contributed by atoms with van der Waals surface area (Å²) in [5.74, 6) is 0.911. The smallest absolute Gasteiger partial charge is 0.234 e. The first-order valence-electron chi connectivity index (χ1n) is 9.04. The molecular formula is C21H26N2O3. The standard InChI is InChI=1S/C21H26N2O3/c1-25-19-10-6-5-9-18(19)11-12-22-21(24)16-23-13-14-26-20(15-23)17-7-3-2-4-8-17/h2-10,20H,11-16H2,1H3,(H,22,24). The van der Waals surface area contributed by atoms with E-state index in [1.54, 1.807) is 7.11 Å². The molecule has 26 heavy (non-hydrogen) atoms. The highest BCUT2D eigenvalue weighted by molar-refractivity contribution is 5.78. The fraction of sp³-hybridized carbons (Fsp3) is 0.381. The van der Waals surface area contributed by atoms with Gasteiger partial charge in [-0.1, -0.05) is 48.5 Å². The Bertz CT molecular complexity index is 705. The van der Waals surface area contributed by atoms with Gasteiger partial charge in [0.2, 0.25) is 5.91 Å². The van der Waals surface area contributed by atoms with E-state index in [-0.39, 0.29) is 12.0 Å². The topological polar surface area (TPSA) is 50.8 Å². The van der Waals surface area contributed by atoms with Crippen LogP contribution in [0.25, 0.3) is 0 Å². The van der Waals surface area contributed by atoms with Crippen molar-refractivity contribution in [3.8, 4) is 5.75 Å². The molecule has 1 aliphatic heterocycles. The molecule has 138 valence electrons. The van der Waals surface area contributed by atoms with Gasteiger partial charge in [0.1, 0.15) is 5.75 Å². The number of morpholine rings is 1. The minimum absolute atomic E-state index is 0.0336. The molecule has 1 heterocycles. The maximum absolute atomic E-state index is 12.3. The number of carbonyl (C=O) groups is 1. The molecular weight excluding hydrogens is 328 g/mol. The quantitative estimate of drug-likeness (QED) is 0.830. The van der Waals surface area contributed by atoms with E-state index in [0.717, 1.165) is 36.4 Å². The lowest BCUT2D eigenvalue weighted by molar-refractivity contribution is -0.124. The number of nitrogens with zero attached hydrogens (tertiary/aromatic N) is 1. The molecule has 1 atom stereocenters. The van der Waals surface area contributed by atoms with Crippen molar-refractivity contribution in [3.63, 3.8) is 0 Å². The first kappa shape index (κ1) is 18.4. The molecule has 3 rings (SSSR count). The van der Waals surface area contributed by atoms with E-state index in [4.69, 9.17) is 9.47 Å². The summed E-state index contributed by atoms with van der Waals surface area (Å²) in [6.45, 7) is 3.17. The molecule has 5 heteroatoms. The van der Waals surface area contributed by atoms with Gasteiger partial charge in [-0.3, -0.25) is 9.69 Å². The number of para-hydroxylation sites is 1. The average Bonchev–Trinajstić information content (AvgIpc) is 2.69. The lowest BCUT2D eigenvalue weighted by Crippen LogP contribution is -2.44. The van der Waals surface area contributed by atoms with Gasteiger partial charge >= 0.3 is 0 Å². The highest BCUT2D eigenvalue weighted by atomic mass is 16.5. The number of amides is 1. The normalized spacial score (nSPS) is 17.7. The first-order chi connectivity index (χ1) is 12.8. The van der Waals surface area contributed by atoms with Gasteiger partial charge in [0.25, 0.3) is 0 Å². The molecule has 1 unspecified atom stereocenters. The van der Waals surface area contributed by atoms with E-state index in [1.807, 2.05) is 42.5 Å². The van der Waals surface area contributed by atoms with Gasteiger partial charge < -0.3 is 14.8 Å². The molecule has 1 aliphatic rings. The molecule has 1 amide bonds. The van der Waals surface area contributed by atoms with Crippen LogP contribution in [0.2, 0.25) is 0 Å². The van der Waals surface area contributed by atoms with Crippen molar-refractivity contribution >= 4 is 5.91 Å². The fourth-order valence-corrected chi connectivity index (χ4v) is 3.22. The van der Waals surface area contributed by atoms with Crippen LogP contribution in [0.5, 0.6) is 5.75 Å². The SMILES string of the molecule is COc1ccccc1CCNC(=O)CN1CCOC(c2ccccc2)C1. The molecule has 0 saturated carbocycles. The molecule has 1 saturated heterocycles. The molecule has 2 aromatic carbocycles. The van der Waals surface area contributed by atoms with Crippen molar-refractivity contribution in [2.24, 2.45) is 0 Å². The first-order valence-corrected chi connectivity index (χ1v) is 9.04. The highest BCUT2D eigenvalue weighted by Crippen LogP contribution is 2.21. The van der Waals surface area contributed by atoms with Crippen LogP contribution in [0.1, 0.15) is 17.2 Å². The average molecular weight is 354 g/mol. The van der Waals surface area contributed by atoms with Crippen LogP contribution in [0.3, 0.4) is 0 Å². The molecule has 5 nitrogen and oxygen atoms in total. The van der Waals surface area contributed by atoms with Gasteiger partial charge in [-0.2, -0.15) is 0 Å². The van der Waals surface area contributed by atoms with Crippen LogP contribution in [0.15, 0.2) is 54.6 Å². The van der Waals surface area contributed by atoms with Gasteiger partial charge in [0.05, 0.1) is 26.4 Å². The van der Waals surface area contributed by atoms with Crippen molar-refractivity contribution in [1.29, 1.82) is 0 Å². The lowest BCUT2D eigenvalue weighted by atomic mass is 10.1. The van der Waals surface area contributed by atoms with Crippen LogP contribution in [0, 0.1) is 0 Å². The number of carbonyl (C=O) groups excluding carboxylic acids is 1. The number of hydrogen-bond donors (Lipinski definition) is 1. The number of hydrogen-bond acceptors (Lipinski definition) is 4. The van der Waals surface area contributed by atoms with Crippen molar-refractivity contribution in [2.75, 3.05) is 39.9 Å². The zero-order valence-corrected chi connectivity index (χ0v) is 15.2. The lowest BCUT2D eigenvalue weighted by Gasteiger charge is -2.32. The third-order valence-electron chi connectivity index (χ3n) is 4.60. The van der Waals surface area contributed by atoms with Gasteiger partial charge in [0.15, 0.2) is 0 Å². The Balaban J connectivity index is 1.44. The fourth-order valence-electron chi connectivity index (χ4n) is 3.22. The maximum atomic E-state index is 12.3. The Labute approximate surface area is 154 Å². The summed E-state index contributed by atoms with van der Waals surface area (Å²) >= 11 is 0. The van der Waals surface area contributed by atoms with Crippen molar-refractivity contribution in [2.45, 2.75) is 12.5 Å². The third kappa shape index (κ3) is 5.07. The summed E-state index contributed by atoms with van der Waals surface area (Å²) in [4.78, 5) is 14.4. The maximum Gasteiger partial charge on any atom is 0.234 e. The van der Waals surface area contributed by atoms with E-state index in [1.165, 1.54) is 0 Å². The largest absolute Gasteiger partial charge is 0.496 e. The number of ether oxygens (including phenoxy) is 2. The van der Waals surface area contributed by atoms with Gasteiger partial charge in [-0.05, 0) is 23.6 Å². The van der Waals surface area contributed by atoms with E-state index >= 15 is 0 Å². The molecule has 0 aliphatic carbocycles. The number of rotatable bonds is 7. The number of methoxy groups -OCH3 is 1. The Morgan fingerprint density at radius 3 is 2.77 bits per heavy atom. The van der Waals surface area contributed by atoms with Crippen molar-refractivity contribution in [3.05, 3.63) is 65.7 Å². The van der Waals surface area contributed by atoms with E-state index in [0.29, 0.717) is 19.7 Å². The Morgan fingerprint density at radius 1 is 1.19 bits per heavy atom. The summed E-state index contributed by atoms with van der Waals surface area (Å²) in [5, 5.41) is 3.01.